The van der Waals surface area contributed by atoms with Gasteiger partial charge in [-0.1, -0.05) is 13.8 Å². The third-order valence-corrected chi connectivity index (χ3v) is 4.39. The first-order chi connectivity index (χ1) is 10.0. The summed E-state index contributed by atoms with van der Waals surface area (Å²) in [5.41, 5.74) is 2.45. The Morgan fingerprint density at radius 1 is 1.52 bits per heavy atom. The molecule has 0 atom stereocenters. The maximum absolute atomic E-state index is 12.2. The molecule has 0 aliphatic rings. The monoisotopic (exact) mass is 308 g/mol. The highest BCUT2D eigenvalue weighted by Crippen LogP contribution is 2.24. The summed E-state index contributed by atoms with van der Waals surface area (Å²) < 4.78 is 5.00. The average molecular weight is 308 g/mol. The Morgan fingerprint density at radius 2 is 2.29 bits per heavy atom. The average Bonchev–Trinajstić information content (AvgIpc) is 3.03. The first-order valence-electron chi connectivity index (χ1n) is 6.79. The van der Waals surface area contributed by atoms with Crippen LogP contribution < -0.4 is 5.32 Å². The SMILES string of the molecule is COCc1cc(CNC(=O)c2sc(C(C)C)nc2C)[nH]n1. The Bertz CT molecular complexity index is 618. The predicted molar refractivity (Wildman–Crippen MR) is 81.4 cm³/mol. The molecule has 0 unspecified atom stereocenters. The van der Waals surface area contributed by atoms with E-state index >= 15 is 0 Å². The number of H-pyrrole nitrogens is 1. The summed E-state index contributed by atoms with van der Waals surface area (Å²) >= 11 is 1.46. The van der Waals surface area contributed by atoms with Crippen molar-refractivity contribution < 1.29 is 9.53 Å². The zero-order valence-electron chi connectivity index (χ0n) is 12.7. The third kappa shape index (κ3) is 3.89. The molecule has 1 amide bonds. The summed E-state index contributed by atoms with van der Waals surface area (Å²) in [5.74, 6) is 0.235. The highest BCUT2D eigenvalue weighted by atomic mass is 32.1. The van der Waals surface area contributed by atoms with Crippen LogP contribution in [0.5, 0.6) is 0 Å². The number of hydrogen-bond acceptors (Lipinski definition) is 5. The summed E-state index contributed by atoms with van der Waals surface area (Å²) in [4.78, 5) is 17.3. The fourth-order valence-electron chi connectivity index (χ4n) is 1.85. The molecule has 2 heterocycles. The molecule has 0 aromatic carbocycles. The van der Waals surface area contributed by atoms with E-state index in [1.807, 2.05) is 13.0 Å². The van der Waals surface area contributed by atoms with Crippen LogP contribution in [0.15, 0.2) is 6.07 Å². The molecule has 0 aliphatic heterocycles. The number of aryl methyl sites for hydroxylation is 1. The van der Waals surface area contributed by atoms with Crippen molar-refractivity contribution in [3.63, 3.8) is 0 Å². The number of nitrogens with zero attached hydrogens (tertiary/aromatic N) is 2. The third-order valence-electron chi connectivity index (χ3n) is 2.93. The maximum Gasteiger partial charge on any atom is 0.263 e. The predicted octanol–water partition coefficient (Wildman–Crippen LogP) is 2.37. The van der Waals surface area contributed by atoms with Crippen molar-refractivity contribution in [1.82, 2.24) is 20.5 Å². The van der Waals surface area contributed by atoms with Gasteiger partial charge in [-0.15, -0.1) is 11.3 Å². The van der Waals surface area contributed by atoms with Crippen LogP contribution >= 0.6 is 11.3 Å². The molecule has 114 valence electrons. The van der Waals surface area contributed by atoms with Gasteiger partial charge in [0.2, 0.25) is 0 Å². The second-order valence-corrected chi connectivity index (χ2v) is 6.15. The van der Waals surface area contributed by atoms with E-state index in [-0.39, 0.29) is 5.91 Å². The highest BCUT2D eigenvalue weighted by Gasteiger charge is 2.16. The van der Waals surface area contributed by atoms with Crippen LogP contribution in [0, 0.1) is 6.92 Å². The molecule has 0 saturated heterocycles. The number of aromatic amines is 1. The zero-order valence-corrected chi connectivity index (χ0v) is 13.5. The minimum Gasteiger partial charge on any atom is -0.378 e. The minimum atomic E-state index is -0.0974. The van der Waals surface area contributed by atoms with Crippen LogP contribution in [0.1, 0.15) is 51.5 Å². The molecular formula is C14H20N4O2S. The molecule has 2 N–H and O–H groups in total. The van der Waals surface area contributed by atoms with Crippen molar-refractivity contribution in [3.05, 3.63) is 33.0 Å². The number of carbonyl (C=O) groups is 1. The van der Waals surface area contributed by atoms with Crippen LogP contribution in [0.2, 0.25) is 0 Å². The van der Waals surface area contributed by atoms with E-state index in [0.29, 0.717) is 23.9 Å². The topological polar surface area (TPSA) is 79.9 Å². The van der Waals surface area contributed by atoms with E-state index in [1.54, 1.807) is 7.11 Å². The van der Waals surface area contributed by atoms with E-state index in [9.17, 15) is 4.79 Å². The quantitative estimate of drug-likeness (QED) is 0.858. The van der Waals surface area contributed by atoms with Crippen LogP contribution in [0.3, 0.4) is 0 Å². The molecule has 0 spiro atoms. The van der Waals surface area contributed by atoms with E-state index in [1.165, 1.54) is 11.3 Å². The summed E-state index contributed by atoms with van der Waals surface area (Å²) in [6.45, 7) is 6.87. The number of carbonyl (C=O) groups excluding carboxylic acids is 1. The Hall–Kier alpha value is -1.73. The summed E-state index contributed by atoms with van der Waals surface area (Å²) in [6, 6.07) is 1.88. The Morgan fingerprint density at radius 3 is 2.90 bits per heavy atom. The summed E-state index contributed by atoms with van der Waals surface area (Å²) in [5, 5.41) is 10.8. The van der Waals surface area contributed by atoms with Gasteiger partial charge in [0.15, 0.2) is 0 Å². The van der Waals surface area contributed by atoms with E-state index < -0.39 is 0 Å². The zero-order chi connectivity index (χ0) is 15.4. The molecule has 2 aromatic heterocycles. The van der Waals surface area contributed by atoms with Gasteiger partial charge in [-0.25, -0.2) is 4.98 Å². The van der Waals surface area contributed by atoms with Gasteiger partial charge < -0.3 is 10.1 Å². The molecule has 2 aromatic rings. The fourth-order valence-corrected chi connectivity index (χ4v) is 2.84. The normalized spacial score (nSPS) is 11.1. The van der Waals surface area contributed by atoms with Gasteiger partial charge >= 0.3 is 0 Å². The van der Waals surface area contributed by atoms with Crippen molar-refractivity contribution in [1.29, 1.82) is 0 Å². The largest absolute Gasteiger partial charge is 0.378 e. The fraction of sp³-hybridized carbons (Fsp3) is 0.500. The van der Waals surface area contributed by atoms with Crippen molar-refractivity contribution in [2.75, 3.05) is 7.11 Å². The van der Waals surface area contributed by atoms with E-state index in [2.05, 4.69) is 34.3 Å². The lowest BCUT2D eigenvalue weighted by molar-refractivity contribution is 0.0953. The van der Waals surface area contributed by atoms with Gasteiger partial charge in [0.05, 0.1) is 35.2 Å². The number of hydrogen-bond donors (Lipinski definition) is 2. The standard InChI is InChI=1S/C14H20N4O2S/c1-8(2)14-16-9(3)12(21-14)13(19)15-6-10-5-11(7-20-4)18-17-10/h5,8H,6-7H2,1-4H3,(H,15,19)(H,17,18). The molecule has 6 nitrogen and oxygen atoms in total. The summed E-state index contributed by atoms with van der Waals surface area (Å²) in [7, 11) is 1.62. The van der Waals surface area contributed by atoms with E-state index in [4.69, 9.17) is 4.74 Å². The van der Waals surface area contributed by atoms with Gasteiger partial charge in [0, 0.05) is 13.0 Å². The minimum absolute atomic E-state index is 0.0974. The number of rotatable bonds is 6. The first kappa shape index (κ1) is 15.7. The van der Waals surface area contributed by atoms with Crippen molar-refractivity contribution in [2.45, 2.75) is 39.8 Å². The van der Waals surface area contributed by atoms with Crippen LogP contribution in [0.25, 0.3) is 0 Å². The van der Waals surface area contributed by atoms with Gasteiger partial charge in [-0.2, -0.15) is 5.10 Å². The molecule has 0 saturated carbocycles. The van der Waals surface area contributed by atoms with Crippen molar-refractivity contribution >= 4 is 17.2 Å². The molecule has 0 radical (unpaired) electrons. The molecular weight excluding hydrogens is 288 g/mol. The van der Waals surface area contributed by atoms with Crippen LogP contribution in [-0.4, -0.2) is 28.2 Å². The second kappa shape index (κ2) is 6.82. The first-order valence-corrected chi connectivity index (χ1v) is 7.60. The molecule has 0 bridgehead atoms. The van der Waals surface area contributed by atoms with Gasteiger partial charge in [0.25, 0.3) is 5.91 Å². The lowest BCUT2D eigenvalue weighted by Gasteiger charge is -2.01. The Kier molecular flexibility index (Phi) is 5.08. The molecule has 0 aliphatic carbocycles. The lowest BCUT2D eigenvalue weighted by Crippen LogP contribution is -2.22. The lowest BCUT2D eigenvalue weighted by atomic mass is 10.2. The smallest absolute Gasteiger partial charge is 0.263 e. The highest BCUT2D eigenvalue weighted by molar-refractivity contribution is 7.13. The summed E-state index contributed by atoms with van der Waals surface area (Å²) in [6.07, 6.45) is 0. The molecule has 0 fully saturated rings. The maximum atomic E-state index is 12.2. The Labute approximate surface area is 127 Å². The van der Waals surface area contributed by atoms with Gasteiger partial charge in [-0.3, -0.25) is 9.89 Å². The number of methoxy groups -OCH3 is 1. The van der Waals surface area contributed by atoms with Crippen molar-refractivity contribution in [3.8, 4) is 0 Å². The van der Waals surface area contributed by atoms with Gasteiger partial charge in [0.1, 0.15) is 4.88 Å². The number of amides is 1. The van der Waals surface area contributed by atoms with Gasteiger partial charge in [-0.05, 0) is 13.0 Å². The van der Waals surface area contributed by atoms with Crippen LogP contribution in [0.4, 0.5) is 0 Å². The number of ether oxygens (including phenoxy) is 1. The number of thiazole rings is 1. The molecule has 2 rings (SSSR count). The number of aromatic nitrogens is 3. The number of nitrogens with one attached hydrogen (secondary N) is 2. The molecule has 7 heteroatoms. The molecule has 21 heavy (non-hydrogen) atoms. The second-order valence-electron chi connectivity index (χ2n) is 5.12. The Balaban J connectivity index is 1.97. The van der Waals surface area contributed by atoms with E-state index in [0.717, 1.165) is 22.1 Å². The van der Waals surface area contributed by atoms with Crippen molar-refractivity contribution in [2.24, 2.45) is 0 Å². The van der Waals surface area contributed by atoms with Crippen LogP contribution in [-0.2, 0) is 17.9 Å².